The van der Waals surface area contributed by atoms with Crippen molar-refractivity contribution in [2.75, 3.05) is 7.11 Å². The first-order valence-electron chi connectivity index (χ1n) is 7.02. The van der Waals surface area contributed by atoms with Crippen LogP contribution < -0.4 is 15.2 Å². The summed E-state index contributed by atoms with van der Waals surface area (Å²) in [6, 6.07) is 13.1. The largest absolute Gasteiger partial charge is 0.493 e. The van der Waals surface area contributed by atoms with Crippen LogP contribution in [0.1, 0.15) is 15.9 Å². The number of hydrogen-bond acceptors (Lipinski definition) is 5. The van der Waals surface area contributed by atoms with Gasteiger partial charge in [0.25, 0.3) is 5.91 Å². The van der Waals surface area contributed by atoms with Crippen LogP contribution in [0.25, 0.3) is 6.08 Å². The van der Waals surface area contributed by atoms with E-state index >= 15 is 0 Å². The third-order valence-electron chi connectivity index (χ3n) is 3.17. The molecule has 0 unspecified atom stereocenters. The molecule has 0 saturated heterocycles. The molecular formula is C18H13BrN2O4. The van der Waals surface area contributed by atoms with Crippen LogP contribution >= 0.6 is 15.9 Å². The zero-order chi connectivity index (χ0) is 18.4. The van der Waals surface area contributed by atoms with Gasteiger partial charge in [-0.15, -0.1) is 0 Å². The molecule has 2 N–H and O–H groups in total. The molecule has 1 amide bonds. The molecule has 0 aliphatic heterocycles. The average Bonchev–Trinajstić information content (AvgIpc) is 2.60. The zero-order valence-corrected chi connectivity index (χ0v) is 14.7. The lowest BCUT2D eigenvalue weighted by Crippen LogP contribution is -2.12. The highest BCUT2D eigenvalue weighted by Gasteiger charge is 2.13. The van der Waals surface area contributed by atoms with Gasteiger partial charge in [-0.25, -0.2) is 4.79 Å². The van der Waals surface area contributed by atoms with Crippen LogP contribution in [0.15, 0.2) is 52.5 Å². The molecule has 2 rings (SSSR count). The fourth-order valence-electron chi connectivity index (χ4n) is 1.93. The molecule has 7 heteroatoms. The van der Waals surface area contributed by atoms with Gasteiger partial charge >= 0.3 is 5.97 Å². The molecule has 0 aliphatic rings. The molecule has 0 spiro atoms. The van der Waals surface area contributed by atoms with E-state index in [4.69, 9.17) is 20.5 Å². The Bertz CT molecular complexity index is 883. The van der Waals surface area contributed by atoms with E-state index < -0.39 is 11.9 Å². The van der Waals surface area contributed by atoms with Gasteiger partial charge in [-0.3, -0.25) is 4.79 Å². The molecule has 0 heterocycles. The molecule has 0 radical (unpaired) electrons. The third kappa shape index (κ3) is 4.68. The number of esters is 1. The van der Waals surface area contributed by atoms with Gasteiger partial charge in [0, 0.05) is 4.47 Å². The molecule has 0 saturated carbocycles. The van der Waals surface area contributed by atoms with Crippen LogP contribution in [0.2, 0.25) is 0 Å². The van der Waals surface area contributed by atoms with Crippen molar-refractivity contribution in [2.45, 2.75) is 0 Å². The Kier molecular flexibility index (Phi) is 5.93. The number of nitrogens with two attached hydrogens (primary N) is 1. The highest BCUT2D eigenvalue weighted by Crippen LogP contribution is 2.29. The summed E-state index contributed by atoms with van der Waals surface area (Å²) in [5, 5.41) is 8.88. The summed E-state index contributed by atoms with van der Waals surface area (Å²) in [4.78, 5) is 23.3. The van der Waals surface area contributed by atoms with Crippen LogP contribution in [-0.4, -0.2) is 19.0 Å². The van der Waals surface area contributed by atoms with E-state index in [1.807, 2.05) is 0 Å². The number of nitrogens with zero attached hydrogens (tertiary/aromatic N) is 1. The first kappa shape index (κ1) is 18.2. The SMILES string of the molecule is COc1cc(C=C(C#N)C(N)=O)ccc1OC(=O)c1ccc(Br)cc1. The predicted molar refractivity (Wildman–Crippen MR) is 94.9 cm³/mol. The lowest BCUT2D eigenvalue weighted by Gasteiger charge is -2.10. The minimum absolute atomic E-state index is 0.193. The molecule has 6 nitrogen and oxygen atoms in total. The normalized spacial score (nSPS) is 10.7. The summed E-state index contributed by atoms with van der Waals surface area (Å²) in [5.41, 5.74) is 5.80. The minimum Gasteiger partial charge on any atom is -0.493 e. The highest BCUT2D eigenvalue weighted by atomic mass is 79.9. The van der Waals surface area contributed by atoms with Gasteiger partial charge in [-0.1, -0.05) is 22.0 Å². The number of rotatable bonds is 5. The quantitative estimate of drug-likeness (QED) is 0.359. The number of methoxy groups -OCH3 is 1. The van der Waals surface area contributed by atoms with Crippen molar-refractivity contribution in [3.63, 3.8) is 0 Å². The second-order valence-corrected chi connectivity index (χ2v) is 5.76. The highest BCUT2D eigenvalue weighted by molar-refractivity contribution is 9.10. The Labute approximate surface area is 152 Å². The second-order valence-electron chi connectivity index (χ2n) is 4.84. The predicted octanol–water partition coefficient (Wildman–Crippen LogP) is 3.07. The number of ether oxygens (including phenoxy) is 2. The van der Waals surface area contributed by atoms with Crippen molar-refractivity contribution in [2.24, 2.45) is 5.73 Å². The number of carbonyl (C=O) groups is 2. The number of benzene rings is 2. The van der Waals surface area contributed by atoms with Gasteiger partial charge in [0.2, 0.25) is 0 Å². The Hall–Kier alpha value is -3.11. The maximum Gasteiger partial charge on any atom is 0.343 e. The van der Waals surface area contributed by atoms with E-state index in [2.05, 4.69) is 15.9 Å². The zero-order valence-electron chi connectivity index (χ0n) is 13.2. The number of hydrogen-bond donors (Lipinski definition) is 1. The molecule has 0 fully saturated rings. The van der Waals surface area contributed by atoms with Crippen molar-refractivity contribution >= 4 is 33.9 Å². The fourth-order valence-corrected chi connectivity index (χ4v) is 2.19. The van der Waals surface area contributed by atoms with Crippen molar-refractivity contribution in [3.8, 4) is 17.6 Å². The van der Waals surface area contributed by atoms with Crippen LogP contribution in [-0.2, 0) is 4.79 Å². The third-order valence-corrected chi connectivity index (χ3v) is 3.70. The van der Waals surface area contributed by atoms with Crippen molar-refractivity contribution in [3.05, 3.63) is 63.6 Å². The first-order chi connectivity index (χ1) is 11.9. The Morgan fingerprint density at radius 3 is 2.40 bits per heavy atom. The number of amides is 1. The van der Waals surface area contributed by atoms with Gasteiger partial charge in [0.1, 0.15) is 11.6 Å². The molecule has 2 aromatic rings. The molecule has 0 bridgehead atoms. The van der Waals surface area contributed by atoms with Crippen molar-refractivity contribution < 1.29 is 19.1 Å². The topological polar surface area (TPSA) is 102 Å². The smallest absolute Gasteiger partial charge is 0.343 e. The minimum atomic E-state index is -0.827. The van der Waals surface area contributed by atoms with E-state index in [0.717, 1.165) is 4.47 Å². The van der Waals surface area contributed by atoms with E-state index in [-0.39, 0.29) is 17.1 Å². The first-order valence-corrected chi connectivity index (χ1v) is 7.81. The summed E-state index contributed by atoms with van der Waals surface area (Å²) in [5.74, 6) is -0.873. The van der Waals surface area contributed by atoms with E-state index in [9.17, 15) is 9.59 Å². The fraction of sp³-hybridized carbons (Fsp3) is 0.0556. The molecule has 126 valence electrons. The number of primary amides is 1. The number of carbonyl (C=O) groups excluding carboxylic acids is 2. The monoisotopic (exact) mass is 400 g/mol. The Morgan fingerprint density at radius 2 is 1.84 bits per heavy atom. The second kappa shape index (κ2) is 8.13. The number of halogens is 1. The van der Waals surface area contributed by atoms with Gasteiger partial charge in [0.05, 0.1) is 12.7 Å². The van der Waals surface area contributed by atoms with Crippen LogP contribution in [0.4, 0.5) is 0 Å². The number of nitriles is 1. The Balaban J connectivity index is 2.28. The van der Waals surface area contributed by atoms with Crippen molar-refractivity contribution in [1.29, 1.82) is 5.26 Å². The maximum absolute atomic E-state index is 12.2. The lowest BCUT2D eigenvalue weighted by atomic mass is 10.1. The van der Waals surface area contributed by atoms with Gasteiger partial charge in [-0.2, -0.15) is 5.26 Å². The standard InChI is InChI=1S/C18H13BrN2O4/c1-24-16-9-11(8-13(10-20)17(21)22)2-7-15(16)25-18(23)12-3-5-14(19)6-4-12/h2-9H,1H3,(H2,21,22). The summed E-state index contributed by atoms with van der Waals surface area (Å²) in [6.07, 6.45) is 1.32. The van der Waals surface area contributed by atoms with Crippen LogP contribution in [0.3, 0.4) is 0 Å². The van der Waals surface area contributed by atoms with Crippen LogP contribution in [0.5, 0.6) is 11.5 Å². The van der Waals surface area contributed by atoms with Gasteiger partial charge in [-0.05, 0) is 48.0 Å². The maximum atomic E-state index is 12.2. The molecular weight excluding hydrogens is 388 g/mol. The van der Waals surface area contributed by atoms with Crippen LogP contribution in [0, 0.1) is 11.3 Å². The summed E-state index contributed by atoms with van der Waals surface area (Å²) < 4.78 is 11.4. The van der Waals surface area contributed by atoms with Gasteiger partial charge in [0.15, 0.2) is 11.5 Å². The Morgan fingerprint density at radius 1 is 1.16 bits per heavy atom. The molecule has 0 atom stereocenters. The summed E-state index contributed by atoms with van der Waals surface area (Å²) in [6.45, 7) is 0. The summed E-state index contributed by atoms with van der Waals surface area (Å²) >= 11 is 3.29. The van der Waals surface area contributed by atoms with E-state index in [0.29, 0.717) is 11.1 Å². The van der Waals surface area contributed by atoms with E-state index in [1.54, 1.807) is 36.4 Å². The van der Waals surface area contributed by atoms with E-state index in [1.165, 1.54) is 25.3 Å². The lowest BCUT2D eigenvalue weighted by molar-refractivity contribution is -0.114. The molecule has 0 aliphatic carbocycles. The van der Waals surface area contributed by atoms with Gasteiger partial charge < -0.3 is 15.2 Å². The van der Waals surface area contributed by atoms with Crippen molar-refractivity contribution in [1.82, 2.24) is 0 Å². The molecule has 25 heavy (non-hydrogen) atoms. The summed E-state index contributed by atoms with van der Waals surface area (Å²) in [7, 11) is 1.42. The molecule has 0 aromatic heterocycles. The molecule has 2 aromatic carbocycles. The average molecular weight is 401 g/mol.